The summed E-state index contributed by atoms with van der Waals surface area (Å²) < 4.78 is 10.6. The number of ether oxygens (including phenoxy) is 2. The maximum Gasteiger partial charge on any atom is 0.251 e. The average Bonchev–Trinajstić information content (AvgIpc) is 3.12. The van der Waals surface area contributed by atoms with Crippen LogP contribution in [0.4, 0.5) is 11.4 Å². The van der Waals surface area contributed by atoms with E-state index in [4.69, 9.17) is 9.47 Å². The lowest BCUT2D eigenvalue weighted by Crippen LogP contribution is -2.47. The molecule has 0 unspecified atom stereocenters. The van der Waals surface area contributed by atoms with Crippen molar-refractivity contribution in [3.8, 4) is 11.5 Å². The van der Waals surface area contributed by atoms with E-state index in [-0.39, 0.29) is 30.1 Å². The maximum absolute atomic E-state index is 13.2. The number of carbonyl (C=O) groups is 3. The Balaban J connectivity index is 1.40. The van der Waals surface area contributed by atoms with Gasteiger partial charge in [0, 0.05) is 17.7 Å². The van der Waals surface area contributed by atoms with Crippen LogP contribution in [0, 0.1) is 5.92 Å². The number of amides is 3. The van der Waals surface area contributed by atoms with Gasteiger partial charge >= 0.3 is 0 Å². The van der Waals surface area contributed by atoms with Gasteiger partial charge in [-0.3, -0.25) is 19.3 Å². The zero-order valence-corrected chi connectivity index (χ0v) is 18.2. The lowest BCUT2D eigenvalue weighted by Gasteiger charge is -2.34. The summed E-state index contributed by atoms with van der Waals surface area (Å²) in [6, 6.07) is 13.9. The molecule has 3 amide bonds. The molecule has 1 atom stereocenters. The zero-order valence-electron chi connectivity index (χ0n) is 18.2. The summed E-state index contributed by atoms with van der Waals surface area (Å²) in [5.41, 5.74) is 1.20. The van der Waals surface area contributed by atoms with Crippen LogP contribution in [-0.2, 0) is 14.4 Å². The number of anilines is 2. The lowest BCUT2D eigenvalue weighted by molar-refractivity contribution is -0.123. The van der Waals surface area contributed by atoms with Crippen molar-refractivity contribution in [2.24, 2.45) is 5.92 Å². The number of hydrogen-bond acceptors (Lipinski definition) is 6. The van der Waals surface area contributed by atoms with Crippen molar-refractivity contribution in [3.05, 3.63) is 48.5 Å². The Labute approximate surface area is 187 Å². The molecule has 1 N–H and O–H groups in total. The SMILES string of the molecule is COc1ccc(N2C(=O)C[C@H](N3CCC(C(=O)Nc4ccccc4)CC3)C2=O)c(OC)c1. The molecular formula is C24H27N3O5. The second-order valence-electron chi connectivity index (χ2n) is 7.99. The second-order valence-corrected chi connectivity index (χ2v) is 7.99. The minimum Gasteiger partial charge on any atom is -0.497 e. The molecular weight excluding hydrogens is 410 g/mol. The number of nitrogens with zero attached hydrogens (tertiary/aromatic N) is 2. The van der Waals surface area contributed by atoms with Gasteiger partial charge in [0.15, 0.2) is 0 Å². The molecule has 0 saturated carbocycles. The molecule has 2 fully saturated rings. The van der Waals surface area contributed by atoms with Gasteiger partial charge in [0.05, 0.1) is 32.4 Å². The third-order valence-corrected chi connectivity index (χ3v) is 6.13. The van der Waals surface area contributed by atoms with Crippen molar-refractivity contribution in [1.82, 2.24) is 4.90 Å². The highest BCUT2D eigenvalue weighted by Gasteiger charge is 2.44. The lowest BCUT2D eigenvalue weighted by atomic mass is 9.94. The molecule has 8 heteroatoms. The molecule has 2 heterocycles. The Morgan fingerprint density at radius 2 is 1.72 bits per heavy atom. The van der Waals surface area contributed by atoms with Crippen LogP contribution < -0.4 is 19.7 Å². The number of imide groups is 1. The van der Waals surface area contributed by atoms with Crippen LogP contribution in [0.25, 0.3) is 0 Å². The standard InChI is InChI=1S/C24H27N3O5/c1-31-18-8-9-19(21(14-18)32-2)27-22(28)15-20(24(27)30)26-12-10-16(11-13-26)23(29)25-17-6-4-3-5-7-17/h3-9,14,16,20H,10-13,15H2,1-2H3,(H,25,29)/t20-/m0/s1. The van der Waals surface area contributed by atoms with Crippen molar-refractivity contribution < 1.29 is 23.9 Å². The molecule has 2 aromatic rings. The Kier molecular flexibility index (Phi) is 6.41. The second kappa shape index (κ2) is 9.40. The van der Waals surface area contributed by atoms with E-state index >= 15 is 0 Å². The van der Waals surface area contributed by atoms with Crippen molar-refractivity contribution in [2.75, 3.05) is 37.5 Å². The molecule has 2 saturated heterocycles. The van der Waals surface area contributed by atoms with Gasteiger partial charge in [-0.15, -0.1) is 0 Å². The Morgan fingerprint density at radius 1 is 1.00 bits per heavy atom. The summed E-state index contributed by atoms with van der Waals surface area (Å²) in [7, 11) is 3.03. The number of hydrogen-bond donors (Lipinski definition) is 1. The highest BCUT2D eigenvalue weighted by atomic mass is 16.5. The number of para-hydroxylation sites is 1. The van der Waals surface area contributed by atoms with Crippen LogP contribution in [0.5, 0.6) is 11.5 Å². The van der Waals surface area contributed by atoms with E-state index in [2.05, 4.69) is 5.32 Å². The van der Waals surface area contributed by atoms with E-state index in [9.17, 15) is 14.4 Å². The van der Waals surface area contributed by atoms with E-state index in [0.29, 0.717) is 43.1 Å². The van der Waals surface area contributed by atoms with E-state index in [1.54, 1.807) is 25.3 Å². The summed E-state index contributed by atoms with van der Waals surface area (Å²) in [6.07, 6.45) is 1.40. The zero-order chi connectivity index (χ0) is 22.7. The van der Waals surface area contributed by atoms with Crippen LogP contribution >= 0.6 is 0 Å². The molecule has 2 aromatic carbocycles. The molecule has 168 valence electrons. The molecule has 0 spiro atoms. The summed E-state index contributed by atoms with van der Waals surface area (Å²) in [4.78, 5) is 41.8. The topological polar surface area (TPSA) is 88.2 Å². The van der Waals surface area contributed by atoms with Gasteiger partial charge in [0.25, 0.3) is 5.91 Å². The molecule has 2 aliphatic rings. The normalized spacial score (nSPS) is 19.8. The fourth-order valence-electron chi connectivity index (χ4n) is 4.36. The number of carbonyl (C=O) groups excluding carboxylic acids is 3. The molecule has 0 aromatic heterocycles. The first-order valence-electron chi connectivity index (χ1n) is 10.7. The number of likely N-dealkylation sites (tertiary alicyclic amines) is 1. The summed E-state index contributed by atoms with van der Waals surface area (Å²) >= 11 is 0. The van der Waals surface area contributed by atoms with Crippen LogP contribution in [0.15, 0.2) is 48.5 Å². The van der Waals surface area contributed by atoms with Gasteiger partial charge in [-0.05, 0) is 50.2 Å². The van der Waals surface area contributed by atoms with Gasteiger partial charge in [0.1, 0.15) is 11.5 Å². The fraction of sp³-hybridized carbons (Fsp3) is 0.375. The van der Waals surface area contributed by atoms with Crippen molar-refractivity contribution in [3.63, 3.8) is 0 Å². The summed E-state index contributed by atoms with van der Waals surface area (Å²) in [5, 5.41) is 2.95. The van der Waals surface area contributed by atoms with Gasteiger partial charge in [0.2, 0.25) is 11.8 Å². The summed E-state index contributed by atoms with van der Waals surface area (Å²) in [5.74, 6) is 0.351. The van der Waals surface area contributed by atoms with Crippen molar-refractivity contribution in [1.29, 1.82) is 0 Å². The Bertz CT molecular complexity index is 1000. The highest BCUT2D eigenvalue weighted by Crippen LogP contribution is 2.36. The van der Waals surface area contributed by atoms with Gasteiger partial charge < -0.3 is 14.8 Å². The summed E-state index contributed by atoms with van der Waals surface area (Å²) in [6.45, 7) is 1.17. The fourth-order valence-corrected chi connectivity index (χ4v) is 4.36. The molecule has 4 rings (SSSR count). The van der Waals surface area contributed by atoms with Crippen molar-refractivity contribution in [2.45, 2.75) is 25.3 Å². The van der Waals surface area contributed by atoms with E-state index in [0.717, 1.165) is 5.69 Å². The number of piperidine rings is 1. The Hall–Kier alpha value is -3.39. The highest BCUT2D eigenvalue weighted by molar-refractivity contribution is 6.23. The predicted molar refractivity (Wildman–Crippen MR) is 120 cm³/mol. The molecule has 0 radical (unpaired) electrons. The average molecular weight is 437 g/mol. The monoisotopic (exact) mass is 437 g/mol. The van der Waals surface area contributed by atoms with Crippen LogP contribution in [0.2, 0.25) is 0 Å². The third-order valence-electron chi connectivity index (χ3n) is 6.13. The van der Waals surface area contributed by atoms with Crippen LogP contribution in [0.3, 0.4) is 0 Å². The molecule has 0 aliphatic carbocycles. The first kappa shape index (κ1) is 21.8. The number of rotatable bonds is 6. The minimum atomic E-state index is -0.521. The minimum absolute atomic E-state index is 0.00531. The number of benzene rings is 2. The van der Waals surface area contributed by atoms with Gasteiger partial charge in [-0.25, -0.2) is 4.90 Å². The largest absolute Gasteiger partial charge is 0.497 e. The molecule has 8 nitrogen and oxygen atoms in total. The van der Waals surface area contributed by atoms with Crippen LogP contribution in [-0.4, -0.2) is 56.0 Å². The van der Waals surface area contributed by atoms with Crippen molar-refractivity contribution >= 4 is 29.1 Å². The van der Waals surface area contributed by atoms with Gasteiger partial charge in [-0.1, -0.05) is 18.2 Å². The first-order chi connectivity index (χ1) is 15.5. The smallest absolute Gasteiger partial charge is 0.251 e. The number of nitrogens with one attached hydrogen (secondary N) is 1. The number of methoxy groups -OCH3 is 2. The van der Waals surface area contributed by atoms with E-state index in [1.807, 2.05) is 35.2 Å². The van der Waals surface area contributed by atoms with Crippen LogP contribution in [0.1, 0.15) is 19.3 Å². The van der Waals surface area contributed by atoms with Gasteiger partial charge in [-0.2, -0.15) is 0 Å². The van der Waals surface area contributed by atoms with E-state index < -0.39 is 6.04 Å². The third kappa shape index (κ3) is 4.31. The maximum atomic E-state index is 13.2. The quantitative estimate of drug-likeness (QED) is 0.699. The molecule has 32 heavy (non-hydrogen) atoms. The predicted octanol–water partition coefficient (Wildman–Crippen LogP) is 2.69. The van der Waals surface area contributed by atoms with E-state index in [1.165, 1.54) is 12.0 Å². The molecule has 2 aliphatic heterocycles. The molecule has 0 bridgehead atoms. The Morgan fingerprint density at radius 3 is 2.38 bits per heavy atom. The first-order valence-corrected chi connectivity index (χ1v) is 10.7.